The minimum atomic E-state index is 0. The highest BCUT2D eigenvalue weighted by molar-refractivity contribution is 14.0. The summed E-state index contributed by atoms with van der Waals surface area (Å²) in [6.45, 7) is 9.80. The number of amides is 1. The Hall–Kier alpha value is -0.530. The molecule has 0 spiro atoms. The van der Waals surface area contributed by atoms with Gasteiger partial charge in [0.25, 0.3) is 0 Å². The van der Waals surface area contributed by atoms with Gasteiger partial charge in [-0.05, 0) is 25.2 Å². The monoisotopic (exact) mass is 424 g/mol. The van der Waals surface area contributed by atoms with Crippen molar-refractivity contribution in [3.63, 3.8) is 0 Å². The molecule has 1 unspecified atom stereocenters. The van der Waals surface area contributed by atoms with E-state index in [-0.39, 0.29) is 36.4 Å². The van der Waals surface area contributed by atoms with Crippen molar-refractivity contribution in [3.8, 4) is 0 Å². The second kappa shape index (κ2) is 11.1. The Morgan fingerprint density at radius 3 is 2.45 bits per heavy atom. The third-order valence-electron chi connectivity index (χ3n) is 4.44. The molecule has 1 atom stereocenters. The summed E-state index contributed by atoms with van der Waals surface area (Å²) in [6, 6.07) is 0. The number of hydrogen-bond donors (Lipinski definition) is 1. The van der Waals surface area contributed by atoms with Crippen LogP contribution in [0.1, 0.15) is 40.0 Å². The fraction of sp³-hybridized carbons (Fsp3) is 0.875. The lowest BCUT2D eigenvalue weighted by atomic mass is 9.87. The highest BCUT2D eigenvalue weighted by Gasteiger charge is 2.29. The third kappa shape index (κ3) is 6.30. The van der Waals surface area contributed by atoms with Crippen LogP contribution in [0.4, 0.5) is 0 Å². The molecule has 1 N–H and O–H groups in total. The summed E-state index contributed by atoms with van der Waals surface area (Å²) in [6.07, 6.45) is 3.74. The molecule has 1 aliphatic rings. The molecule has 130 valence electrons. The number of rotatable bonds is 6. The minimum Gasteiger partial charge on any atom is -0.357 e. The molecule has 1 amide bonds. The zero-order chi connectivity index (χ0) is 15.8. The van der Waals surface area contributed by atoms with E-state index in [0.29, 0.717) is 0 Å². The standard InChI is InChI=1S/C16H32N4O.HI/c1-6-13(7-2)14-9-10-20(12-14)16(17-8-3)18-11-15(21)19(4)5;/h13-14H,6-12H2,1-5H3,(H,17,18);1H. The van der Waals surface area contributed by atoms with Crippen LogP contribution in [0.2, 0.25) is 0 Å². The highest BCUT2D eigenvalue weighted by atomic mass is 127. The van der Waals surface area contributed by atoms with E-state index >= 15 is 0 Å². The van der Waals surface area contributed by atoms with Crippen LogP contribution in [0.5, 0.6) is 0 Å². The van der Waals surface area contributed by atoms with Crippen molar-refractivity contribution in [2.24, 2.45) is 16.8 Å². The molecule has 0 radical (unpaired) electrons. The highest BCUT2D eigenvalue weighted by Crippen LogP contribution is 2.28. The summed E-state index contributed by atoms with van der Waals surface area (Å²) in [5.74, 6) is 2.50. The van der Waals surface area contributed by atoms with Crippen molar-refractivity contribution in [2.75, 3.05) is 40.3 Å². The van der Waals surface area contributed by atoms with Gasteiger partial charge >= 0.3 is 0 Å². The van der Waals surface area contributed by atoms with Crippen LogP contribution < -0.4 is 5.32 Å². The number of halogens is 1. The molecular weight excluding hydrogens is 391 g/mol. The zero-order valence-corrected chi connectivity index (χ0v) is 17.1. The second-order valence-corrected chi connectivity index (χ2v) is 6.03. The van der Waals surface area contributed by atoms with Gasteiger partial charge in [0.2, 0.25) is 5.91 Å². The molecule has 0 saturated carbocycles. The van der Waals surface area contributed by atoms with Gasteiger partial charge in [0, 0.05) is 33.7 Å². The molecule has 0 bridgehead atoms. The predicted molar refractivity (Wildman–Crippen MR) is 104 cm³/mol. The Labute approximate surface area is 152 Å². The summed E-state index contributed by atoms with van der Waals surface area (Å²) in [7, 11) is 3.54. The Kier molecular flexibility index (Phi) is 10.8. The van der Waals surface area contributed by atoms with Gasteiger partial charge in [-0.15, -0.1) is 24.0 Å². The van der Waals surface area contributed by atoms with Crippen LogP contribution in [0.3, 0.4) is 0 Å². The van der Waals surface area contributed by atoms with Gasteiger partial charge in [0.1, 0.15) is 6.54 Å². The van der Waals surface area contributed by atoms with Crippen LogP contribution in [-0.2, 0) is 4.79 Å². The first-order valence-electron chi connectivity index (χ1n) is 8.26. The maximum Gasteiger partial charge on any atom is 0.243 e. The maximum absolute atomic E-state index is 11.7. The van der Waals surface area contributed by atoms with Crippen molar-refractivity contribution in [1.82, 2.24) is 15.1 Å². The fourth-order valence-electron chi connectivity index (χ4n) is 3.03. The molecular formula is C16H33IN4O. The number of carbonyl (C=O) groups is 1. The summed E-state index contributed by atoms with van der Waals surface area (Å²) in [4.78, 5) is 20.1. The average molecular weight is 424 g/mol. The Morgan fingerprint density at radius 1 is 1.32 bits per heavy atom. The van der Waals surface area contributed by atoms with Crippen molar-refractivity contribution in [1.29, 1.82) is 0 Å². The van der Waals surface area contributed by atoms with Gasteiger partial charge in [-0.2, -0.15) is 0 Å². The van der Waals surface area contributed by atoms with E-state index in [1.165, 1.54) is 19.3 Å². The number of nitrogens with one attached hydrogen (secondary N) is 1. The van der Waals surface area contributed by atoms with Crippen molar-refractivity contribution < 1.29 is 4.79 Å². The van der Waals surface area contributed by atoms with Crippen molar-refractivity contribution >= 4 is 35.8 Å². The van der Waals surface area contributed by atoms with Gasteiger partial charge in [0.15, 0.2) is 5.96 Å². The van der Waals surface area contributed by atoms with Gasteiger partial charge in [-0.1, -0.05) is 26.7 Å². The molecule has 1 fully saturated rings. The lowest BCUT2D eigenvalue weighted by molar-refractivity contribution is -0.127. The molecule has 5 nitrogen and oxygen atoms in total. The molecule has 0 aromatic carbocycles. The minimum absolute atomic E-state index is 0. The summed E-state index contributed by atoms with van der Waals surface area (Å²) >= 11 is 0. The van der Waals surface area contributed by atoms with E-state index in [1.54, 1.807) is 19.0 Å². The predicted octanol–water partition coefficient (Wildman–Crippen LogP) is 2.42. The van der Waals surface area contributed by atoms with Crippen LogP contribution in [0, 0.1) is 11.8 Å². The van der Waals surface area contributed by atoms with Crippen molar-refractivity contribution in [2.45, 2.75) is 40.0 Å². The molecule has 0 aromatic heterocycles. The topological polar surface area (TPSA) is 47.9 Å². The van der Waals surface area contributed by atoms with Gasteiger partial charge in [-0.3, -0.25) is 4.79 Å². The lowest BCUT2D eigenvalue weighted by Gasteiger charge is -2.24. The number of nitrogens with zero attached hydrogens (tertiary/aromatic N) is 3. The van der Waals surface area contributed by atoms with Crippen LogP contribution in [0.15, 0.2) is 4.99 Å². The fourth-order valence-corrected chi connectivity index (χ4v) is 3.03. The maximum atomic E-state index is 11.7. The number of guanidine groups is 1. The zero-order valence-electron chi connectivity index (χ0n) is 14.8. The van der Waals surface area contributed by atoms with E-state index < -0.39 is 0 Å². The summed E-state index contributed by atoms with van der Waals surface area (Å²) in [5, 5.41) is 3.32. The Morgan fingerprint density at radius 2 is 1.95 bits per heavy atom. The first kappa shape index (κ1) is 21.5. The third-order valence-corrected chi connectivity index (χ3v) is 4.44. The molecule has 22 heavy (non-hydrogen) atoms. The smallest absolute Gasteiger partial charge is 0.243 e. The number of likely N-dealkylation sites (tertiary alicyclic amines) is 1. The normalized spacial score (nSPS) is 18.4. The average Bonchev–Trinajstić information content (AvgIpc) is 2.93. The Bertz CT molecular complexity index is 356. The van der Waals surface area contributed by atoms with Crippen LogP contribution in [-0.4, -0.2) is 61.9 Å². The lowest BCUT2D eigenvalue weighted by Crippen LogP contribution is -2.41. The molecule has 0 aliphatic carbocycles. The van der Waals surface area contributed by atoms with Crippen molar-refractivity contribution in [3.05, 3.63) is 0 Å². The molecule has 1 aliphatic heterocycles. The SMILES string of the molecule is CCNC(=NCC(=O)N(C)C)N1CCC(C(CC)CC)C1.I. The summed E-state index contributed by atoms with van der Waals surface area (Å²) < 4.78 is 0. The van der Waals surface area contributed by atoms with E-state index in [2.05, 4.69) is 36.0 Å². The largest absolute Gasteiger partial charge is 0.357 e. The molecule has 1 saturated heterocycles. The van der Waals surface area contributed by atoms with Gasteiger partial charge < -0.3 is 15.1 Å². The van der Waals surface area contributed by atoms with Crippen LogP contribution >= 0.6 is 24.0 Å². The Balaban J connectivity index is 0.00000441. The first-order chi connectivity index (χ1) is 10.0. The van der Waals surface area contributed by atoms with E-state index in [0.717, 1.165) is 37.4 Å². The number of aliphatic imine (C=N–C) groups is 1. The van der Waals surface area contributed by atoms with Gasteiger partial charge in [0.05, 0.1) is 0 Å². The van der Waals surface area contributed by atoms with Crippen LogP contribution in [0.25, 0.3) is 0 Å². The molecule has 6 heteroatoms. The quantitative estimate of drug-likeness (QED) is 0.405. The first-order valence-corrected chi connectivity index (χ1v) is 8.26. The van der Waals surface area contributed by atoms with E-state index in [1.807, 2.05) is 0 Å². The molecule has 0 aromatic rings. The van der Waals surface area contributed by atoms with E-state index in [4.69, 9.17) is 0 Å². The second-order valence-electron chi connectivity index (χ2n) is 6.03. The number of carbonyl (C=O) groups excluding carboxylic acids is 1. The molecule has 1 heterocycles. The van der Waals surface area contributed by atoms with Gasteiger partial charge in [-0.25, -0.2) is 4.99 Å². The number of hydrogen-bond acceptors (Lipinski definition) is 2. The number of likely N-dealkylation sites (N-methyl/N-ethyl adjacent to an activating group) is 1. The molecule has 1 rings (SSSR count). The van der Waals surface area contributed by atoms with E-state index in [9.17, 15) is 4.79 Å². The summed E-state index contributed by atoms with van der Waals surface area (Å²) in [5.41, 5.74) is 0.